The summed E-state index contributed by atoms with van der Waals surface area (Å²) in [6.45, 7) is 3.12. The smallest absolute Gasteiger partial charge is 0.228 e. The Balaban J connectivity index is 1.51. The number of amides is 1. The predicted octanol–water partition coefficient (Wildman–Crippen LogP) is 2.62. The lowest BCUT2D eigenvalue weighted by Gasteiger charge is -2.25. The Bertz CT molecular complexity index is 904. The molecule has 1 aliphatic rings. The normalized spacial score (nSPS) is 17.0. The third-order valence-electron chi connectivity index (χ3n) is 5.24. The standard InChI is InChI=1S/C23H25N5O/c29-23(15-20-6-4-5-9-25-20)28-13-12-27(22-7-2-1-3-8-22)17-19(18-28)14-21-16-24-10-11-26-21/h1-11,16,19H,12-15,17-18H2. The molecular weight excluding hydrogens is 362 g/mol. The van der Waals surface area contributed by atoms with Crippen LogP contribution in [0.5, 0.6) is 0 Å². The molecule has 148 valence electrons. The number of benzene rings is 1. The molecule has 1 amide bonds. The van der Waals surface area contributed by atoms with E-state index in [2.05, 4.69) is 44.1 Å². The topological polar surface area (TPSA) is 62.2 Å². The van der Waals surface area contributed by atoms with Crippen molar-refractivity contribution in [2.24, 2.45) is 5.92 Å². The minimum atomic E-state index is 0.128. The summed E-state index contributed by atoms with van der Waals surface area (Å²) in [7, 11) is 0. The molecule has 1 saturated heterocycles. The number of anilines is 1. The predicted molar refractivity (Wildman–Crippen MR) is 112 cm³/mol. The number of carbonyl (C=O) groups is 1. The number of para-hydroxylation sites is 1. The lowest BCUT2D eigenvalue weighted by Crippen LogP contribution is -2.37. The molecule has 0 N–H and O–H groups in total. The van der Waals surface area contributed by atoms with Crippen LogP contribution in [0.15, 0.2) is 73.3 Å². The molecule has 0 saturated carbocycles. The SMILES string of the molecule is O=C(Cc1ccccn1)N1CCN(c2ccccc2)CC(Cc2cnccn2)C1. The molecule has 29 heavy (non-hydrogen) atoms. The van der Waals surface area contributed by atoms with E-state index < -0.39 is 0 Å². The van der Waals surface area contributed by atoms with Gasteiger partial charge in [-0.25, -0.2) is 0 Å². The van der Waals surface area contributed by atoms with Crippen molar-refractivity contribution in [1.82, 2.24) is 19.9 Å². The van der Waals surface area contributed by atoms with Gasteiger partial charge in [0, 0.05) is 62.3 Å². The van der Waals surface area contributed by atoms with Gasteiger partial charge in [-0.15, -0.1) is 0 Å². The summed E-state index contributed by atoms with van der Waals surface area (Å²) in [5.74, 6) is 0.407. The molecule has 1 unspecified atom stereocenters. The van der Waals surface area contributed by atoms with Gasteiger partial charge in [0.1, 0.15) is 0 Å². The molecule has 0 radical (unpaired) electrons. The summed E-state index contributed by atoms with van der Waals surface area (Å²) >= 11 is 0. The maximum absolute atomic E-state index is 13.0. The minimum Gasteiger partial charge on any atom is -0.369 e. The Morgan fingerprint density at radius 3 is 2.48 bits per heavy atom. The summed E-state index contributed by atoms with van der Waals surface area (Å²) in [6.07, 6.45) is 8.10. The largest absolute Gasteiger partial charge is 0.369 e. The van der Waals surface area contributed by atoms with E-state index in [1.165, 1.54) is 5.69 Å². The minimum absolute atomic E-state index is 0.128. The third kappa shape index (κ3) is 5.16. The van der Waals surface area contributed by atoms with Crippen molar-refractivity contribution in [1.29, 1.82) is 0 Å². The van der Waals surface area contributed by atoms with Crippen LogP contribution in [0.4, 0.5) is 5.69 Å². The molecule has 6 heteroatoms. The number of rotatable bonds is 5. The summed E-state index contributed by atoms with van der Waals surface area (Å²) in [6, 6.07) is 16.1. The van der Waals surface area contributed by atoms with Crippen LogP contribution >= 0.6 is 0 Å². The second kappa shape index (κ2) is 9.28. The summed E-state index contributed by atoms with van der Waals surface area (Å²) < 4.78 is 0. The number of hydrogen-bond donors (Lipinski definition) is 0. The molecule has 1 aliphatic heterocycles. The molecule has 4 rings (SSSR count). The number of hydrogen-bond acceptors (Lipinski definition) is 5. The summed E-state index contributed by atoms with van der Waals surface area (Å²) in [4.78, 5) is 30.3. The number of aromatic nitrogens is 3. The molecule has 0 aliphatic carbocycles. The van der Waals surface area contributed by atoms with Crippen LogP contribution in [0.2, 0.25) is 0 Å². The maximum atomic E-state index is 13.0. The fourth-order valence-corrected chi connectivity index (χ4v) is 3.83. The van der Waals surface area contributed by atoms with Crippen molar-refractivity contribution in [3.8, 4) is 0 Å². The lowest BCUT2D eigenvalue weighted by molar-refractivity contribution is -0.130. The highest BCUT2D eigenvalue weighted by Gasteiger charge is 2.26. The summed E-state index contributed by atoms with van der Waals surface area (Å²) in [5, 5.41) is 0. The van der Waals surface area contributed by atoms with Gasteiger partial charge in [0.25, 0.3) is 0 Å². The zero-order valence-corrected chi connectivity index (χ0v) is 16.4. The van der Waals surface area contributed by atoms with Crippen LogP contribution in [-0.2, 0) is 17.6 Å². The van der Waals surface area contributed by atoms with Crippen LogP contribution in [-0.4, -0.2) is 51.9 Å². The first-order valence-corrected chi connectivity index (χ1v) is 10.0. The molecule has 3 heterocycles. The fourth-order valence-electron chi connectivity index (χ4n) is 3.83. The molecule has 1 atom stereocenters. The molecule has 1 aromatic carbocycles. The van der Waals surface area contributed by atoms with Gasteiger partial charge in [-0.2, -0.15) is 0 Å². The molecule has 3 aromatic rings. The monoisotopic (exact) mass is 387 g/mol. The highest BCUT2D eigenvalue weighted by molar-refractivity contribution is 5.78. The Hall–Kier alpha value is -3.28. The first-order chi connectivity index (χ1) is 14.3. The van der Waals surface area contributed by atoms with Crippen molar-refractivity contribution in [3.05, 3.63) is 84.7 Å². The van der Waals surface area contributed by atoms with E-state index in [0.29, 0.717) is 19.5 Å². The van der Waals surface area contributed by atoms with E-state index >= 15 is 0 Å². The van der Waals surface area contributed by atoms with Gasteiger partial charge < -0.3 is 9.80 Å². The van der Waals surface area contributed by atoms with Gasteiger partial charge in [0.2, 0.25) is 5.91 Å². The van der Waals surface area contributed by atoms with Gasteiger partial charge in [-0.1, -0.05) is 24.3 Å². The average Bonchev–Trinajstić information content (AvgIpc) is 2.99. The maximum Gasteiger partial charge on any atom is 0.228 e. The van der Waals surface area contributed by atoms with E-state index in [1.807, 2.05) is 35.4 Å². The Morgan fingerprint density at radius 1 is 0.897 bits per heavy atom. The molecule has 1 fully saturated rings. The van der Waals surface area contributed by atoms with E-state index in [9.17, 15) is 4.79 Å². The van der Waals surface area contributed by atoms with Crippen molar-refractivity contribution in [2.75, 3.05) is 31.1 Å². The zero-order chi connectivity index (χ0) is 19.9. The van der Waals surface area contributed by atoms with Crippen LogP contribution in [0.3, 0.4) is 0 Å². The fraction of sp³-hybridized carbons (Fsp3) is 0.304. The Kier molecular flexibility index (Phi) is 6.10. The van der Waals surface area contributed by atoms with E-state index in [-0.39, 0.29) is 11.8 Å². The first-order valence-electron chi connectivity index (χ1n) is 10.0. The number of nitrogens with zero attached hydrogens (tertiary/aromatic N) is 5. The molecular formula is C23H25N5O. The van der Waals surface area contributed by atoms with Gasteiger partial charge in [0.15, 0.2) is 0 Å². The highest BCUT2D eigenvalue weighted by Crippen LogP contribution is 2.21. The number of carbonyl (C=O) groups excluding carboxylic acids is 1. The van der Waals surface area contributed by atoms with E-state index in [1.54, 1.807) is 18.6 Å². The molecule has 0 bridgehead atoms. The molecule has 0 spiro atoms. The van der Waals surface area contributed by atoms with Crippen molar-refractivity contribution in [2.45, 2.75) is 12.8 Å². The van der Waals surface area contributed by atoms with E-state index in [0.717, 1.165) is 30.9 Å². The van der Waals surface area contributed by atoms with E-state index in [4.69, 9.17) is 0 Å². The van der Waals surface area contributed by atoms with Crippen molar-refractivity contribution >= 4 is 11.6 Å². The van der Waals surface area contributed by atoms with Crippen molar-refractivity contribution in [3.63, 3.8) is 0 Å². The molecule has 6 nitrogen and oxygen atoms in total. The van der Waals surface area contributed by atoms with Gasteiger partial charge in [-0.05, 0) is 36.6 Å². The quantitative estimate of drug-likeness (QED) is 0.673. The second-order valence-electron chi connectivity index (χ2n) is 7.39. The lowest BCUT2D eigenvalue weighted by atomic mass is 10.0. The number of pyridine rings is 1. The van der Waals surface area contributed by atoms with Crippen LogP contribution in [0.1, 0.15) is 11.4 Å². The Labute approximate surface area is 171 Å². The second-order valence-corrected chi connectivity index (χ2v) is 7.39. The third-order valence-corrected chi connectivity index (χ3v) is 5.24. The van der Waals surface area contributed by atoms with Gasteiger partial charge in [0.05, 0.1) is 12.1 Å². The highest BCUT2D eigenvalue weighted by atomic mass is 16.2. The average molecular weight is 387 g/mol. The van der Waals surface area contributed by atoms with Crippen LogP contribution in [0, 0.1) is 5.92 Å². The van der Waals surface area contributed by atoms with Crippen LogP contribution in [0.25, 0.3) is 0 Å². The van der Waals surface area contributed by atoms with Crippen LogP contribution < -0.4 is 4.90 Å². The Morgan fingerprint density at radius 2 is 1.72 bits per heavy atom. The zero-order valence-electron chi connectivity index (χ0n) is 16.4. The first kappa shape index (κ1) is 19.1. The van der Waals surface area contributed by atoms with Crippen molar-refractivity contribution < 1.29 is 4.79 Å². The van der Waals surface area contributed by atoms with Gasteiger partial charge in [-0.3, -0.25) is 19.7 Å². The van der Waals surface area contributed by atoms with Gasteiger partial charge >= 0.3 is 0 Å². The molecule has 2 aromatic heterocycles. The summed E-state index contributed by atoms with van der Waals surface area (Å²) in [5.41, 5.74) is 2.97.